The molecule has 0 fully saturated rings. The van der Waals surface area contributed by atoms with Gasteiger partial charge in [0, 0.05) is 12.7 Å². The lowest BCUT2D eigenvalue weighted by atomic mass is 10.3. The molecule has 0 aliphatic rings. The van der Waals surface area contributed by atoms with Gasteiger partial charge < -0.3 is 19.9 Å². The predicted molar refractivity (Wildman–Crippen MR) is 107 cm³/mol. The summed E-state index contributed by atoms with van der Waals surface area (Å²) in [6.07, 6.45) is -9.66. The molecule has 14 heteroatoms. The molecule has 2 aromatic heterocycles. The Morgan fingerprint density at radius 3 is 2.09 bits per heavy atom. The minimum absolute atomic E-state index is 0.0416. The summed E-state index contributed by atoms with van der Waals surface area (Å²) in [5, 5.41) is 5.40. The van der Waals surface area contributed by atoms with E-state index in [1.807, 2.05) is 0 Å². The lowest BCUT2D eigenvalue weighted by molar-refractivity contribution is -0.274. The molecule has 0 spiro atoms. The molecule has 0 amide bonds. The van der Waals surface area contributed by atoms with Gasteiger partial charge in [-0.05, 0) is 36.4 Å². The van der Waals surface area contributed by atoms with Gasteiger partial charge in [-0.1, -0.05) is 12.1 Å². The predicted octanol–water partition coefficient (Wildman–Crippen LogP) is 5.91. The molecular formula is C20H13F7N6O. The van der Waals surface area contributed by atoms with Crippen molar-refractivity contribution in [1.29, 1.82) is 0 Å². The Hall–Kier alpha value is -4.10. The number of hydrogen-bond acceptors (Lipinski definition) is 6. The minimum Gasteiger partial charge on any atom is -0.406 e. The van der Waals surface area contributed by atoms with Gasteiger partial charge in [-0.25, -0.2) is 19.3 Å². The fraction of sp³-hybridized carbons (Fsp3) is 0.150. The van der Waals surface area contributed by atoms with Crippen molar-refractivity contribution >= 4 is 34.3 Å². The van der Waals surface area contributed by atoms with Gasteiger partial charge >= 0.3 is 12.5 Å². The third kappa shape index (κ3) is 4.94. The zero-order valence-corrected chi connectivity index (χ0v) is 17.0. The summed E-state index contributed by atoms with van der Waals surface area (Å²) < 4.78 is 95.6. The summed E-state index contributed by atoms with van der Waals surface area (Å²) in [4.78, 5) is 11.7. The average Bonchev–Trinajstić information content (AvgIpc) is 3.06. The molecule has 0 bridgehead atoms. The van der Waals surface area contributed by atoms with E-state index in [9.17, 15) is 30.7 Å². The number of imidazole rings is 1. The number of fused-ring (bicyclic) bond motifs is 1. The van der Waals surface area contributed by atoms with Crippen molar-refractivity contribution in [2.45, 2.75) is 12.5 Å². The number of aromatic nitrogens is 4. The largest absolute Gasteiger partial charge is 0.573 e. The number of para-hydroxylation sites is 1. The number of alkyl halides is 6. The van der Waals surface area contributed by atoms with Gasteiger partial charge in [0.1, 0.15) is 11.6 Å². The minimum atomic E-state index is -4.88. The van der Waals surface area contributed by atoms with E-state index in [1.165, 1.54) is 30.3 Å². The highest BCUT2D eigenvalue weighted by atomic mass is 19.4. The zero-order valence-electron chi connectivity index (χ0n) is 17.0. The van der Waals surface area contributed by atoms with Crippen molar-refractivity contribution < 1.29 is 35.5 Å². The smallest absolute Gasteiger partial charge is 0.406 e. The Labute approximate surface area is 186 Å². The summed E-state index contributed by atoms with van der Waals surface area (Å²) in [6.45, 7) is 0. The molecule has 0 atom stereocenters. The molecule has 7 nitrogen and oxygen atoms in total. The number of hydrogen-bond donors (Lipinski definition) is 2. The Bertz CT molecular complexity index is 1330. The Morgan fingerprint density at radius 2 is 1.47 bits per heavy atom. The second kappa shape index (κ2) is 8.35. The number of aryl methyl sites for hydroxylation is 1. The molecule has 0 aliphatic carbocycles. The van der Waals surface area contributed by atoms with Gasteiger partial charge in [-0.3, -0.25) is 0 Å². The van der Waals surface area contributed by atoms with Crippen molar-refractivity contribution in [3.05, 3.63) is 60.2 Å². The van der Waals surface area contributed by atoms with Crippen LogP contribution in [0.15, 0.2) is 48.5 Å². The van der Waals surface area contributed by atoms with Gasteiger partial charge in [-0.15, -0.1) is 13.2 Å². The van der Waals surface area contributed by atoms with E-state index in [1.54, 1.807) is 0 Å². The summed E-state index contributed by atoms with van der Waals surface area (Å²) in [7, 11) is 1.10. The number of halogens is 7. The molecule has 4 aromatic rings. The molecule has 34 heavy (non-hydrogen) atoms. The molecule has 2 N–H and O–H groups in total. The van der Waals surface area contributed by atoms with Crippen LogP contribution in [0.1, 0.15) is 5.82 Å². The number of nitrogens with one attached hydrogen (secondary N) is 2. The summed E-state index contributed by atoms with van der Waals surface area (Å²) >= 11 is 0. The Balaban J connectivity index is 1.76. The van der Waals surface area contributed by atoms with Crippen molar-refractivity contribution in [3.8, 4) is 5.75 Å². The Kier molecular flexibility index (Phi) is 5.67. The van der Waals surface area contributed by atoms with Crippen LogP contribution in [0.5, 0.6) is 5.75 Å². The van der Waals surface area contributed by atoms with Gasteiger partial charge in [-0.2, -0.15) is 13.2 Å². The standard InChI is InChI=1S/C20H13F7N6O/c1-33-17-16(32-18(33)19(22,23)24)30-15(29-13-5-3-2-4-12(13)21)14(31-17)28-10-6-8-11(9-7-10)34-20(25,26)27/h2-9H,1H3,(H,28,31)(H,29,30). The third-order valence-electron chi connectivity index (χ3n) is 4.44. The van der Waals surface area contributed by atoms with Crippen LogP contribution in [-0.2, 0) is 13.2 Å². The van der Waals surface area contributed by atoms with Crippen LogP contribution >= 0.6 is 0 Å². The third-order valence-corrected chi connectivity index (χ3v) is 4.44. The number of ether oxygens (including phenoxy) is 1. The van der Waals surface area contributed by atoms with E-state index in [0.29, 0.717) is 4.57 Å². The van der Waals surface area contributed by atoms with Crippen LogP contribution in [-0.4, -0.2) is 25.9 Å². The topological polar surface area (TPSA) is 76.9 Å². The van der Waals surface area contributed by atoms with E-state index in [0.717, 1.165) is 25.2 Å². The molecule has 0 aliphatic heterocycles. The number of benzene rings is 2. The quantitative estimate of drug-likeness (QED) is 0.342. The van der Waals surface area contributed by atoms with Gasteiger partial charge in [0.05, 0.1) is 5.69 Å². The number of nitrogens with zero attached hydrogens (tertiary/aromatic N) is 4. The lowest BCUT2D eigenvalue weighted by Crippen LogP contribution is -2.17. The molecular weight excluding hydrogens is 473 g/mol. The van der Waals surface area contributed by atoms with Gasteiger partial charge in [0.2, 0.25) is 5.82 Å². The second-order valence-corrected chi connectivity index (χ2v) is 6.86. The maximum Gasteiger partial charge on any atom is 0.573 e. The molecule has 0 unspecified atom stereocenters. The number of anilines is 4. The van der Waals surface area contributed by atoms with Crippen LogP contribution in [0.4, 0.5) is 53.7 Å². The maximum absolute atomic E-state index is 14.1. The van der Waals surface area contributed by atoms with Crippen LogP contribution < -0.4 is 15.4 Å². The number of rotatable bonds is 5. The van der Waals surface area contributed by atoms with E-state index < -0.39 is 29.9 Å². The first-order valence-corrected chi connectivity index (χ1v) is 9.37. The SMILES string of the molecule is Cn1c(C(F)(F)F)nc2nc(Nc3ccccc3F)c(Nc3ccc(OC(F)(F)F)cc3)nc21. The van der Waals surface area contributed by atoms with Gasteiger partial charge in [0.15, 0.2) is 22.9 Å². The van der Waals surface area contributed by atoms with E-state index in [-0.39, 0.29) is 34.3 Å². The average molecular weight is 486 g/mol. The molecule has 0 saturated heterocycles. The fourth-order valence-electron chi connectivity index (χ4n) is 2.99. The molecule has 178 valence electrons. The van der Waals surface area contributed by atoms with E-state index in [4.69, 9.17) is 0 Å². The van der Waals surface area contributed by atoms with Crippen LogP contribution in [0.25, 0.3) is 11.3 Å². The first kappa shape index (κ1) is 23.1. The molecule has 2 aromatic carbocycles. The first-order chi connectivity index (χ1) is 15.9. The second-order valence-electron chi connectivity index (χ2n) is 6.86. The summed E-state index contributed by atoms with van der Waals surface area (Å²) in [6, 6.07) is 9.99. The summed E-state index contributed by atoms with van der Waals surface area (Å²) in [5.74, 6) is -2.69. The molecule has 0 saturated carbocycles. The Morgan fingerprint density at radius 1 is 0.824 bits per heavy atom. The molecule has 0 radical (unpaired) electrons. The zero-order chi connectivity index (χ0) is 24.7. The first-order valence-electron chi connectivity index (χ1n) is 9.37. The van der Waals surface area contributed by atoms with Crippen molar-refractivity contribution in [2.75, 3.05) is 10.6 Å². The van der Waals surface area contributed by atoms with Crippen molar-refractivity contribution in [3.63, 3.8) is 0 Å². The highest BCUT2D eigenvalue weighted by Crippen LogP contribution is 2.33. The lowest BCUT2D eigenvalue weighted by Gasteiger charge is -2.14. The molecule has 2 heterocycles. The van der Waals surface area contributed by atoms with Crippen molar-refractivity contribution in [2.24, 2.45) is 7.05 Å². The van der Waals surface area contributed by atoms with Crippen LogP contribution in [0.3, 0.4) is 0 Å². The fourth-order valence-corrected chi connectivity index (χ4v) is 2.99. The van der Waals surface area contributed by atoms with Gasteiger partial charge in [0.25, 0.3) is 0 Å². The highest BCUT2D eigenvalue weighted by Gasteiger charge is 2.37. The van der Waals surface area contributed by atoms with Crippen molar-refractivity contribution in [1.82, 2.24) is 19.5 Å². The highest BCUT2D eigenvalue weighted by molar-refractivity contribution is 5.80. The monoisotopic (exact) mass is 486 g/mol. The maximum atomic E-state index is 14.1. The van der Waals surface area contributed by atoms with E-state index >= 15 is 0 Å². The van der Waals surface area contributed by atoms with Crippen LogP contribution in [0.2, 0.25) is 0 Å². The van der Waals surface area contributed by atoms with E-state index in [2.05, 4.69) is 30.3 Å². The van der Waals surface area contributed by atoms with Crippen LogP contribution in [0, 0.1) is 5.82 Å². The normalized spacial score (nSPS) is 12.1. The summed E-state index contributed by atoms with van der Waals surface area (Å²) in [5.41, 5.74) is -0.419. The molecule has 4 rings (SSSR count).